The minimum atomic E-state index is -2.59. The van der Waals surface area contributed by atoms with E-state index in [0.717, 1.165) is 44.7 Å². The molecule has 0 unspecified atom stereocenters. The van der Waals surface area contributed by atoms with E-state index in [-0.39, 0.29) is 19.1 Å². The van der Waals surface area contributed by atoms with Crippen molar-refractivity contribution in [3.63, 3.8) is 0 Å². The Morgan fingerprint density at radius 3 is 2.97 bits per heavy atom. The lowest BCUT2D eigenvalue weighted by molar-refractivity contribution is -0.133. The summed E-state index contributed by atoms with van der Waals surface area (Å²) in [5.41, 5.74) is 3.48. The van der Waals surface area contributed by atoms with Crippen molar-refractivity contribution >= 4 is 38.4 Å². The maximum absolute atomic E-state index is 13.4. The van der Waals surface area contributed by atoms with E-state index in [9.17, 15) is 8.78 Å². The van der Waals surface area contributed by atoms with Crippen molar-refractivity contribution in [1.82, 2.24) is 24.8 Å². The largest absolute Gasteiger partial charge is 0.377 e. The lowest BCUT2D eigenvalue weighted by Gasteiger charge is -2.38. The molecule has 6 rings (SSSR count). The molecule has 166 valence electrons. The Labute approximate surface area is 187 Å². The molecule has 0 radical (unpaired) electrons. The third-order valence-electron chi connectivity index (χ3n) is 6.12. The number of nitrogens with zero attached hydrogens (tertiary/aromatic N) is 5. The van der Waals surface area contributed by atoms with E-state index in [0.29, 0.717) is 25.6 Å². The minimum Gasteiger partial charge on any atom is -0.377 e. The van der Waals surface area contributed by atoms with Crippen LogP contribution in [0, 0.1) is 0 Å². The van der Waals surface area contributed by atoms with Gasteiger partial charge in [0, 0.05) is 42.0 Å². The first-order valence-corrected chi connectivity index (χ1v) is 11.5. The fourth-order valence-electron chi connectivity index (χ4n) is 4.54. The molecule has 1 atom stereocenters. The Balaban J connectivity index is 1.50. The van der Waals surface area contributed by atoms with Crippen molar-refractivity contribution in [2.75, 3.05) is 37.7 Å². The summed E-state index contributed by atoms with van der Waals surface area (Å²) in [5, 5.41) is 2.99. The third-order valence-corrected chi connectivity index (χ3v) is 7.13. The number of likely N-dealkylation sites (tertiary alicyclic amines) is 1. The number of H-pyrrole nitrogens is 1. The molecule has 32 heavy (non-hydrogen) atoms. The van der Waals surface area contributed by atoms with E-state index >= 15 is 0 Å². The molecule has 2 fully saturated rings. The topological polar surface area (TPSA) is 70.2 Å². The molecular weight excluding hydrogens is 434 g/mol. The molecule has 2 saturated heterocycles. The zero-order valence-corrected chi connectivity index (χ0v) is 18.3. The van der Waals surface area contributed by atoms with Crippen molar-refractivity contribution in [3.05, 3.63) is 35.5 Å². The van der Waals surface area contributed by atoms with Crippen molar-refractivity contribution < 1.29 is 13.5 Å². The van der Waals surface area contributed by atoms with Gasteiger partial charge in [0.15, 0.2) is 11.6 Å². The van der Waals surface area contributed by atoms with Crippen LogP contribution < -0.4 is 4.90 Å². The number of anilines is 1. The van der Waals surface area contributed by atoms with Gasteiger partial charge in [0.05, 0.1) is 42.6 Å². The van der Waals surface area contributed by atoms with Crippen molar-refractivity contribution in [2.24, 2.45) is 0 Å². The van der Waals surface area contributed by atoms with Gasteiger partial charge in [-0.2, -0.15) is 0 Å². The van der Waals surface area contributed by atoms with Crippen molar-refractivity contribution in [1.29, 1.82) is 0 Å². The molecule has 7 nitrogen and oxygen atoms in total. The zero-order chi connectivity index (χ0) is 21.9. The Hall–Kier alpha value is -2.69. The molecule has 0 aliphatic carbocycles. The summed E-state index contributed by atoms with van der Waals surface area (Å²) >= 11 is 1.58. The van der Waals surface area contributed by atoms with Gasteiger partial charge in [-0.1, -0.05) is 0 Å². The van der Waals surface area contributed by atoms with Crippen LogP contribution in [-0.2, 0) is 11.3 Å². The summed E-state index contributed by atoms with van der Waals surface area (Å²) < 4.78 is 33.4. The number of thiophene rings is 1. The maximum atomic E-state index is 13.4. The number of hydrogen-bond donors (Lipinski definition) is 1. The van der Waals surface area contributed by atoms with Crippen LogP contribution in [0.4, 0.5) is 14.6 Å². The Bertz CT molecular complexity index is 1300. The van der Waals surface area contributed by atoms with Crippen LogP contribution in [-0.4, -0.2) is 69.6 Å². The van der Waals surface area contributed by atoms with Gasteiger partial charge in [0.2, 0.25) is 0 Å². The molecule has 4 aromatic rings. The predicted octanol–water partition coefficient (Wildman–Crippen LogP) is 3.91. The molecule has 0 saturated carbocycles. The average Bonchev–Trinajstić information content (AvgIpc) is 3.39. The monoisotopic (exact) mass is 456 g/mol. The van der Waals surface area contributed by atoms with Crippen LogP contribution in [0.25, 0.3) is 32.6 Å². The molecule has 0 amide bonds. The third kappa shape index (κ3) is 3.33. The van der Waals surface area contributed by atoms with Crippen molar-refractivity contribution in [2.45, 2.75) is 25.4 Å². The molecule has 1 N–H and O–H groups in total. The molecule has 6 heterocycles. The lowest BCUT2D eigenvalue weighted by atomic mass is 10.1. The number of ether oxygens (including phenoxy) is 1. The number of halogens is 2. The number of nitrogens with one attached hydrogen (secondary N) is 1. The number of fused-ring (bicyclic) bond motifs is 2. The van der Waals surface area contributed by atoms with Crippen LogP contribution in [0.3, 0.4) is 0 Å². The number of rotatable bonds is 4. The first-order valence-electron chi connectivity index (χ1n) is 10.6. The first kappa shape index (κ1) is 20.0. The van der Waals surface area contributed by atoms with Gasteiger partial charge < -0.3 is 14.6 Å². The Morgan fingerprint density at radius 2 is 2.16 bits per heavy atom. The Kier molecular flexibility index (Phi) is 4.63. The fraction of sp³-hybridized carbons (Fsp3) is 0.409. The smallest absolute Gasteiger partial charge is 0.272 e. The molecule has 2 aliphatic heterocycles. The standard InChI is InChI=1S/C22H22F2N6OS/c1-13-9-31-7-6-30(13)21-18-17(14(10-32-18)8-29-11-22(23,24)12-29)27-20(28-21)16-3-5-26-19-15(16)2-4-25-19/h2-5,10,13H,6-9,11-12H2,1H3,(H,25,26)/t13-/m1/s1. The maximum Gasteiger partial charge on any atom is 0.272 e. The average molecular weight is 457 g/mol. The lowest BCUT2D eigenvalue weighted by Crippen LogP contribution is -2.55. The summed E-state index contributed by atoms with van der Waals surface area (Å²) in [5.74, 6) is -1.09. The molecular formula is C22H22F2N6OS. The highest BCUT2D eigenvalue weighted by molar-refractivity contribution is 7.18. The van der Waals surface area contributed by atoms with Gasteiger partial charge in [0.1, 0.15) is 5.65 Å². The van der Waals surface area contributed by atoms with Crippen LogP contribution in [0.5, 0.6) is 0 Å². The number of hydrogen-bond acceptors (Lipinski definition) is 7. The Morgan fingerprint density at radius 1 is 1.28 bits per heavy atom. The second kappa shape index (κ2) is 7.43. The normalized spacial score (nSPS) is 21.3. The second-order valence-corrected chi connectivity index (χ2v) is 9.41. The van der Waals surface area contributed by atoms with Gasteiger partial charge in [0.25, 0.3) is 5.92 Å². The van der Waals surface area contributed by atoms with E-state index < -0.39 is 5.92 Å². The summed E-state index contributed by atoms with van der Waals surface area (Å²) in [7, 11) is 0. The van der Waals surface area contributed by atoms with Crippen LogP contribution >= 0.6 is 11.3 Å². The molecule has 0 aromatic carbocycles. The van der Waals surface area contributed by atoms with E-state index in [4.69, 9.17) is 14.7 Å². The summed E-state index contributed by atoms with van der Waals surface area (Å²) in [4.78, 5) is 21.5. The first-order chi connectivity index (χ1) is 15.5. The second-order valence-electron chi connectivity index (χ2n) is 8.53. The van der Waals surface area contributed by atoms with Gasteiger partial charge in [-0.15, -0.1) is 11.3 Å². The van der Waals surface area contributed by atoms with E-state index in [1.807, 2.05) is 23.7 Å². The summed E-state index contributed by atoms with van der Waals surface area (Å²) in [6.07, 6.45) is 3.60. The van der Waals surface area contributed by atoms with Crippen molar-refractivity contribution in [3.8, 4) is 11.4 Å². The van der Waals surface area contributed by atoms with E-state index in [2.05, 4.69) is 21.8 Å². The highest BCUT2D eigenvalue weighted by atomic mass is 32.1. The summed E-state index contributed by atoms with van der Waals surface area (Å²) in [6, 6.07) is 4.07. The highest BCUT2D eigenvalue weighted by Gasteiger charge is 2.43. The minimum absolute atomic E-state index is 0.180. The SMILES string of the molecule is C[C@@H]1COCCN1c1nc(-c2ccnc3[nH]ccc23)nc2c(CN3CC(F)(F)C3)csc12. The number of morpholine rings is 1. The number of pyridine rings is 1. The molecule has 4 aromatic heterocycles. The van der Waals surface area contributed by atoms with Gasteiger partial charge in [-0.25, -0.2) is 23.7 Å². The molecule has 10 heteroatoms. The van der Waals surface area contributed by atoms with Crippen LogP contribution in [0.2, 0.25) is 0 Å². The molecule has 2 aliphatic rings. The molecule has 0 bridgehead atoms. The molecule has 0 spiro atoms. The number of aromatic amines is 1. The van der Waals surface area contributed by atoms with Gasteiger partial charge in [-0.05, 0) is 24.4 Å². The van der Waals surface area contributed by atoms with Gasteiger partial charge in [-0.3, -0.25) is 4.90 Å². The van der Waals surface area contributed by atoms with E-state index in [1.54, 1.807) is 22.4 Å². The fourth-order valence-corrected chi connectivity index (χ4v) is 5.54. The van der Waals surface area contributed by atoms with Crippen LogP contribution in [0.1, 0.15) is 12.5 Å². The van der Waals surface area contributed by atoms with E-state index in [1.165, 1.54) is 0 Å². The van der Waals surface area contributed by atoms with Crippen LogP contribution in [0.15, 0.2) is 29.9 Å². The van der Waals surface area contributed by atoms with Gasteiger partial charge >= 0.3 is 0 Å². The zero-order valence-electron chi connectivity index (χ0n) is 17.5. The quantitative estimate of drug-likeness (QED) is 0.502. The predicted molar refractivity (Wildman–Crippen MR) is 120 cm³/mol. The number of alkyl halides is 2. The summed E-state index contributed by atoms with van der Waals surface area (Å²) in [6.45, 7) is 4.20. The number of aromatic nitrogens is 4. The highest BCUT2D eigenvalue weighted by Crippen LogP contribution is 2.38.